The van der Waals surface area contributed by atoms with E-state index in [1.165, 1.54) is 11.3 Å². The van der Waals surface area contributed by atoms with Crippen LogP contribution in [0.1, 0.15) is 21.5 Å². The second kappa shape index (κ2) is 8.33. The third-order valence-corrected chi connectivity index (χ3v) is 5.71. The number of hydrogen-bond acceptors (Lipinski definition) is 6. The molecule has 2 aromatic carbocycles. The molecule has 31 heavy (non-hydrogen) atoms. The third-order valence-electron chi connectivity index (χ3n) is 4.67. The van der Waals surface area contributed by atoms with E-state index >= 15 is 0 Å². The average molecular weight is 453 g/mol. The Morgan fingerprint density at radius 2 is 1.90 bits per heavy atom. The SMILES string of the molecule is Cc1ccc(N2C(=O)C(Cl)=C(Nc3cccc(C(=O)Nc4nccs4)c3)C2=O)c(C)c1. The van der Waals surface area contributed by atoms with E-state index in [1.807, 2.05) is 26.0 Å². The number of nitrogens with one attached hydrogen (secondary N) is 2. The van der Waals surface area contributed by atoms with Crippen LogP contribution >= 0.6 is 22.9 Å². The molecule has 0 fully saturated rings. The summed E-state index contributed by atoms with van der Waals surface area (Å²) in [5.74, 6) is -1.50. The summed E-state index contributed by atoms with van der Waals surface area (Å²) in [7, 11) is 0. The lowest BCUT2D eigenvalue weighted by Gasteiger charge is -2.18. The van der Waals surface area contributed by atoms with Crippen molar-refractivity contribution in [2.45, 2.75) is 13.8 Å². The van der Waals surface area contributed by atoms with Crippen molar-refractivity contribution >= 4 is 57.2 Å². The van der Waals surface area contributed by atoms with Crippen LogP contribution in [0, 0.1) is 13.8 Å². The van der Waals surface area contributed by atoms with E-state index in [-0.39, 0.29) is 16.6 Å². The van der Waals surface area contributed by atoms with Crippen molar-refractivity contribution in [1.29, 1.82) is 0 Å². The number of thiazole rings is 1. The molecule has 3 amide bonds. The molecule has 0 unspecified atom stereocenters. The second-order valence-corrected chi connectivity index (χ2v) is 8.19. The van der Waals surface area contributed by atoms with Gasteiger partial charge in [-0.3, -0.25) is 19.7 Å². The third kappa shape index (κ3) is 4.08. The van der Waals surface area contributed by atoms with Gasteiger partial charge in [0, 0.05) is 22.8 Å². The summed E-state index contributed by atoms with van der Waals surface area (Å²) in [4.78, 5) is 43.2. The molecular weight excluding hydrogens is 436 g/mol. The molecule has 1 aromatic heterocycles. The van der Waals surface area contributed by atoms with Crippen LogP contribution in [-0.2, 0) is 9.59 Å². The summed E-state index contributed by atoms with van der Waals surface area (Å²) < 4.78 is 0. The Hall–Kier alpha value is -3.49. The zero-order valence-corrected chi connectivity index (χ0v) is 18.2. The van der Waals surface area contributed by atoms with Gasteiger partial charge in [-0.25, -0.2) is 9.88 Å². The van der Waals surface area contributed by atoms with Gasteiger partial charge >= 0.3 is 0 Å². The van der Waals surface area contributed by atoms with Gasteiger partial charge in [0.15, 0.2) is 5.13 Å². The molecule has 156 valence electrons. The lowest BCUT2D eigenvalue weighted by atomic mass is 10.1. The molecule has 0 saturated carbocycles. The van der Waals surface area contributed by atoms with Crippen LogP contribution in [0.2, 0.25) is 0 Å². The number of hydrogen-bond donors (Lipinski definition) is 2. The number of halogens is 1. The standard InChI is InChI=1S/C22H17ClN4O3S/c1-12-6-7-16(13(2)10-12)27-20(29)17(23)18(21(27)30)25-15-5-3-4-14(11-15)19(28)26-22-24-8-9-31-22/h3-11,25H,1-2H3,(H,24,26,28). The minimum absolute atomic E-state index is 0.0378. The predicted molar refractivity (Wildman–Crippen MR) is 121 cm³/mol. The number of aromatic nitrogens is 1. The van der Waals surface area contributed by atoms with Crippen LogP contribution < -0.4 is 15.5 Å². The minimum atomic E-state index is -0.598. The maximum absolute atomic E-state index is 13.0. The van der Waals surface area contributed by atoms with E-state index in [2.05, 4.69) is 15.6 Å². The molecule has 2 heterocycles. The first-order valence-electron chi connectivity index (χ1n) is 9.29. The predicted octanol–water partition coefficient (Wildman–Crippen LogP) is 4.45. The minimum Gasteiger partial charge on any atom is -0.350 e. The smallest absolute Gasteiger partial charge is 0.283 e. The molecule has 4 rings (SSSR count). The van der Waals surface area contributed by atoms with Crippen molar-refractivity contribution in [3.05, 3.63) is 81.5 Å². The van der Waals surface area contributed by atoms with E-state index in [9.17, 15) is 14.4 Å². The van der Waals surface area contributed by atoms with Gasteiger partial charge in [0.1, 0.15) is 10.7 Å². The monoisotopic (exact) mass is 452 g/mol. The highest BCUT2D eigenvalue weighted by atomic mass is 35.5. The number of benzene rings is 2. The zero-order valence-electron chi connectivity index (χ0n) is 16.6. The topological polar surface area (TPSA) is 91.4 Å². The van der Waals surface area contributed by atoms with Gasteiger partial charge in [0.25, 0.3) is 17.7 Å². The molecule has 2 N–H and O–H groups in total. The van der Waals surface area contributed by atoms with Gasteiger partial charge in [-0.05, 0) is 43.7 Å². The van der Waals surface area contributed by atoms with Crippen LogP contribution in [0.4, 0.5) is 16.5 Å². The van der Waals surface area contributed by atoms with E-state index in [1.54, 1.807) is 41.9 Å². The van der Waals surface area contributed by atoms with E-state index in [0.717, 1.165) is 16.0 Å². The molecule has 0 saturated heterocycles. The lowest BCUT2D eigenvalue weighted by Crippen LogP contribution is -2.32. The fourth-order valence-corrected chi connectivity index (χ4v) is 3.96. The van der Waals surface area contributed by atoms with E-state index < -0.39 is 11.8 Å². The summed E-state index contributed by atoms with van der Waals surface area (Å²) in [5.41, 5.74) is 3.05. The highest BCUT2D eigenvalue weighted by Crippen LogP contribution is 2.32. The zero-order chi connectivity index (χ0) is 22.1. The fourth-order valence-electron chi connectivity index (χ4n) is 3.22. The Bertz CT molecular complexity index is 1240. The van der Waals surface area contributed by atoms with Crippen molar-refractivity contribution in [2.75, 3.05) is 15.5 Å². The van der Waals surface area contributed by atoms with Gasteiger partial charge < -0.3 is 5.32 Å². The number of nitrogens with zero attached hydrogens (tertiary/aromatic N) is 2. The number of carbonyl (C=O) groups is 3. The molecule has 7 nitrogen and oxygen atoms in total. The Kier molecular flexibility index (Phi) is 5.58. The highest BCUT2D eigenvalue weighted by Gasteiger charge is 2.39. The maximum Gasteiger partial charge on any atom is 0.283 e. The van der Waals surface area contributed by atoms with Crippen LogP contribution in [0.5, 0.6) is 0 Å². The summed E-state index contributed by atoms with van der Waals surface area (Å²) in [6.07, 6.45) is 1.59. The number of rotatable bonds is 5. The number of carbonyl (C=O) groups excluding carboxylic acids is 3. The molecule has 0 atom stereocenters. The van der Waals surface area contributed by atoms with Crippen LogP contribution in [0.25, 0.3) is 0 Å². The van der Waals surface area contributed by atoms with E-state index in [0.29, 0.717) is 22.1 Å². The molecule has 3 aromatic rings. The van der Waals surface area contributed by atoms with Crippen molar-refractivity contribution in [2.24, 2.45) is 0 Å². The highest BCUT2D eigenvalue weighted by molar-refractivity contribution is 7.13. The molecule has 0 radical (unpaired) electrons. The summed E-state index contributed by atoms with van der Waals surface area (Å²) >= 11 is 7.52. The maximum atomic E-state index is 13.0. The van der Waals surface area contributed by atoms with Gasteiger partial charge in [0.05, 0.1) is 5.69 Å². The van der Waals surface area contributed by atoms with Crippen LogP contribution in [0.3, 0.4) is 0 Å². The lowest BCUT2D eigenvalue weighted by molar-refractivity contribution is -0.120. The normalized spacial score (nSPS) is 13.7. The van der Waals surface area contributed by atoms with Gasteiger partial charge in [-0.2, -0.15) is 0 Å². The van der Waals surface area contributed by atoms with Crippen molar-refractivity contribution in [3.63, 3.8) is 0 Å². The van der Waals surface area contributed by atoms with Gasteiger partial charge in [-0.1, -0.05) is 35.4 Å². The van der Waals surface area contributed by atoms with Crippen molar-refractivity contribution < 1.29 is 14.4 Å². The summed E-state index contributed by atoms with van der Waals surface area (Å²) in [6, 6.07) is 12.0. The van der Waals surface area contributed by atoms with Gasteiger partial charge in [0.2, 0.25) is 0 Å². The van der Waals surface area contributed by atoms with Crippen molar-refractivity contribution in [1.82, 2.24) is 4.98 Å². The summed E-state index contributed by atoms with van der Waals surface area (Å²) in [5, 5.41) is 7.63. The number of amides is 3. The first-order chi connectivity index (χ1) is 14.8. The second-order valence-electron chi connectivity index (χ2n) is 6.92. The first kappa shape index (κ1) is 20.8. The van der Waals surface area contributed by atoms with Crippen LogP contribution in [0.15, 0.2) is 64.8 Å². The molecule has 9 heteroatoms. The van der Waals surface area contributed by atoms with Crippen molar-refractivity contribution in [3.8, 4) is 0 Å². The largest absolute Gasteiger partial charge is 0.350 e. The molecule has 0 bridgehead atoms. The Morgan fingerprint density at radius 3 is 2.61 bits per heavy atom. The quantitative estimate of drug-likeness (QED) is 0.558. The van der Waals surface area contributed by atoms with E-state index in [4.69, 9.17) is 11.6 Å². The first-order valence-corrected chi connectivity index (χ1v) is 10.5. The molecule has 1 aliphatic rings. The number of aryl methyl sites for hydroxylation is 2. The Morgan fingerprint density at radius 1 is 1.10 bits per heavy atom. The Balaban J connectivity index is 1.57. The molecule has 0 spiro atoms. The molecule has 1 aliphatic heterocycles. The Labute approximate surface area is 187 Å². The summed E-state index contributed by atoms with van der Waals surface area (Å²) in [6.45, 7) is 3.76. The average Bonchev–Trinajstić information content (AvgIpc) is 3.32. The molecular formula is C22H17ClN4O3S. The molecule has 0 aliphatic carbocycles. The van der Waals surface area contributed by atoms with Gasteiger partial charge in [-0.15, -0.1) is 11.3 Å². The number of anilines is 3. The van der Waals surface area contributed by atoms with Crippen LogP contribution in [-0.4, -0.2) is 22.7 Å². The fraction of sp³-hybridized carbons (Fsp3) is 0.0909. The number of imide groups is 1.